The Morgan fingerprint density at radius 3 is 2.22 bits per heavy atom. The van der Waals surface area contributed by atoms with Crippen LogP contribution in [0.5, 0.6) is 0 Å². The van der Waals surface area contributed by atoms with E-state index in [0.717, 1.165) is 44.3 Å². The Kier molecular flexibility index (Phi) is 5.74. The normalized spacial score (nSPS) is 44.9. The van der Waals surface area contributed by atoms with Gasteiger partial charge in [-0.25, -0.2) is 0 Å². The van der Waals surface area contributed by atoms with Crippen LogP contribution in [0.15, 0.2) is 11.8 Å². The number of hydrogen-bond donors (Lipinski definition) is 0. The second-order valence-electron chi connectivity index (χ2n) is 11.5. The van der Waals surface area contributed by atoms with Crippen molar-refractivity contribution >= 4 is 17.9 Å². The van der Waals surface area contributed by atoms with E-state index in [1.165, 1.54) is 20.8 Å². The van der Waals surface area contributed by atoms with Gasteiger partial charge in [-0.1, -0.05) is 20.8 Å². The lowest BCUT2D eigenvalue weighted by atomic mass is 9.40. The first-order valence-electron chi connectivity index (χ1n) is 12.1. The zero-order chi connectivity index (χ0) is 23.5. The van der Waals surface area contributed by atoms with Crippen LogP contribution in [0.2, 0.25) is 0 Å². The van der Waals surface area contributed by atoms with Gasteiger partial charge in [-0.05, 0) is 73.7 Å². The highest BCUT2D eigenvalue weighted by atomic mass is 16.6. The van der Waals surface area contributed by atoms with Gasteiger partial charge in [-0.3, -0.25) is 14.4 Å². The topological polar surface area (TPSA) is 78.9 Å². The van der Waals surface area contributed by atoms with E-state index in [9.17, 15) is 14.4 Å². The Bertz CT molecular complexity index is 847. The van der Waals surface area contributed by atoms with Crippen LogP contribution in [0.25, 0.3) is 0 Å². The van der Waals surface area contributed by atoms with Crippen LogP contribution in [0.3, 0.4) is 0 Å². The van der Waals surface area contributed by atoms with Crippen molar-refractivity contribution in [2.75, 3.05) is 0 Å². The summed E-state index contributed by atoms with van der Waals surface area (Å²) in [5.41, 5.74) is -0.298. The van der Waals surface area contributed by atoms with Crippen molar-refractivity contribution in [3.8, 4) is 0 Å². The third-order valence-corrected chi connectivity index (χ3v) is 9.65. The molecule has 0 radical (unpaired) electrons. The lowest BCUT2D eigenvalue weighted by Gasteiger charge is -2.66. The minimum atomic E-state index is -0.300. The van der Waals surface area contributed by atoms with E-state index in [4.69, 9.17) is 14.2 Å². The molecule has 6 nitrogen and oxygen atoms in total. The van der Waals surface area contributed by atoms with Crippen LogP contribution in [-0.4, -0.2) is 30.1 Å². The van der Waals surface area contributed by atoms with Gasteiger partial charge in [-0.2, -0.15) is 0 Å². The molecule has 4 rings (SSSR count). The molecular weight excluding hydrogens is 408 g/mol. The standard InChI is InChI=1S/C26H38O6/c1-15(27)30-18-9-12-26(6)23-19(10-11-24(26,4)13-18)20-7-8-22(32-17(3)29)25(20,5)14-21(23)31-16(2)28/h8,18-21,23H,7,9-14H2,1-6H3/t18-,19+,20-,21+,23+,24+,25+,26-/m1/s1. The molecule has 0 aliphatic heterocycles. The summed E-state index contributed by atoms with van der Waals surface area (Å²) in [5.74, 6) is 1.01. The molecule has 0 amide bonds. The molecule has 8 atom stereocenters. The number of esters is 3. The maximum atomic E-state index is 12.2. The molecule has 0 saturated heterocycles. The second-order valence-corrected chi connectivity index (χ2v) is 11.5. The molecule has 0 aromatic carbocycles. The van der Waals surface area contributed by atoms with E-state index in [-0.39, 0.29) is 52.3 Å². The highest BCUT2D eigenvalue weighted by Crippen LogP contribution is 2.70. The van der Waals surface area contributed by atoms with Crippen LogP contribution in [0.4, 0.5) is 0 Å². The Morgan fingerprint density at radius 2 is 1.59 bits per heavy atom. The van der Waals surface area contributed by atoms with E-state index in [2.05, 4.69) is 26.8 Å². The first-order valence-corrected chi connectivity index (χ1v) is 12.1. The minimum absolute atomic E-state index is 0.0157. The summed E-state index contributed by atoms with van der Waals surface area (Å²) >= 11 is 0. The average molecular weight is 447 g/mol. The van der Waals surface area contributed by atoms with Crippen molar-refractivity contribution < 1.29 is 28.6 Å². The Balaban J connectivity index is 1.69. The van der Waals surface area contributed by atoms with E-state index in [1.54, 1.807) is 0 Å². The van der Waals surface area contributed by atoms with Gasteiger partial charge in [-0.15, -0.1) is 0 Å². The highest BCUT2D eigenvalue weighted by molar-refractivity contribution is 5.68. The summed E-state index contributed by atoms with van der Waals surface area (Å²) < 4.78 is 17.3. The number of fused-ring (bicyclic) bond motifs is 5. The maximum Gasteiger partial charge on any atom is 0.307 e. The number of carbonyl (C=O) groups excluding carboxylic acids is 3. The van der Waals surface area contributed by atoms with Crippen molar-refractivity contribution in [3.63, 3.8) is 0 Å². The lowest BCUT2D eigenvalue weighted by molar-refractivity contribution is -0.219. The van der Waals surface area contributed by atoms with E-state index < -0.39 is 0 Å². The second kappa shape index (κ2) is 7.88. The lowest BCUT2D eigenvalue weighted by Crippen LogP contribution is -2.63. The van der Waals surface area contributed by atoms with Gasteiger partial charge >= 0.3 is 17.9 Å². The number of allylic oxidation sites excluding steroid dienone is 2. The summed E-state index contributed by atoms with van der Waals surface area (Å²) in [4.78, 5) is 35.5. The smallest absolute Gasteiger partial charge is 0.307 e. The van der Waals surface area contributed by atoms with E-state index in [1.807, 2.05) is 0 Å². The van der Waals surface area contributed by atoms with E-state index in [0.29, 0.717) is 18.3 Å². The SMILES string of the molecule is CC(=O)OC1=CC[C@@H]2[C@@H]3CC[C@@]4(C)C[C@H](OC(C)=O)CC[C@]4(C)[C@@H]3[C@@H](OC(C)=O)C[C@]12C. The molecule has 0 heterocycles. The van der Waals surface area contributed by atoms with Gasteiger partial charge in [0.2, 0.25) is 0 Å². The van der Waals surface area contributed by atoms with Gasteiger partial charge in [0.05, 0.1) is 0 Å². The fraction of sp³-hybridized carbons (Fsp3) is 0.808. The van der Waals surface area contributed by atoms with Crippen LogP contribution in [-0.2, 0) is 28.6 Å². The molecule has 0 spiro atoms. The van der Waals surface area contributed by atoms with Crippen LogP contribution >= 0.6 is 0 Å². The zero-order valence-corrected chi connectivity index (χ0v) is 20.4. The van der Waals surface area contributed by atoms with Crippen molar-refractivity contribution in [2.45, 2.75) is 98.7 Å². The Labute approximate surface area is 191 Å². The van der Waals surface area contributed by atoms with Crippen molar-refractivity contribution in [3.05, 3.63) is 11.8 Å². The molecule has 0 aromatic heterocycles. The van der Waals surface area contributed by atoms with Crippen molar-refractivity contribution in [2.24, 2.45) is 34.0 Å². The quantitative estimate of drug-likeness (QED) is 0.451. The summed E-state index contributed by atoms with van der Waals surface area (Å²) in [7, 11) is 0. The summed E-state index contributed by atoms with van der Waals surface area (Å²) in [6.07, 6.45) is 8.18. The monoisotopic (exact) mass is 446 g/mol. The van der Waals surface area contributed by atoms with E-state index >= 15 is 0 Å². The summed E-state index contributed by atoms with van der Waals surface area (Å²) in [6, 6.07) is 0. The molecule has 4 aliphatic rings. The van der Waals surface area contributed by atoms with Crippen LogP contribution in [0, 0.1) is 34.0 Å². The first-order chi connectivity index (χ1) is 14.9. The van der Waals surface area contributed by atoms with Gasteiger partial charge in [0.25, 0.3) is 0 Å². The molecule has 0 unspecified atom stereocenters. The largest absolute Gasteiger partial charge is 0.463 e. The molecule has 4 aliphatic carbocycles. The fourth-order valence-corrected chi connectivity index (χ4v) is 8.16. The van der Waals surface area contributed by atoms with Crippen molar-refractivity contribution in [1.82, 2.24) is 0 Å². The van der Waals surface area contributed by atoms with Crippen molar-refractivity contribution in [1.29, 1.82) is 0 Å². The zero-order valence-electron chi connectivity index (χ0n) is 20.4. The van der Waals surface area contributed by atoms with Crippen LogP contribution in [0.1, 0.15) is 86.5 Å². The van der Waals surface area contributed by atoms with Crippen LogP contribution < -0.4 is 0 Å². The molecule has 6 heteroatoms. The predicted molar refractivity (Wildman–Crippen MR) is 118 cm³/mol. The Hall–Kier alpha value is -1.85. The predicted octanol–water partition coefficient (Wildman–Crippen LogP) is 4.95. The first kappa shape index (κ1) is 23.3. The minimum Gasteiger partial charge on any atom is -0.463 e. The number of carbonyl (C=O) groups is 3. The fourth-order valence-electron chi connectivity index (χ4n) is 8.16. The Morgan fingerprint density at radius 1 is 0.906 bits per heavy atom. The average Bonchev–Trinajstić information content (AvgIpc) is 2.97. The number of hydrogen-bond acceptors (Lipinski definition) is 6. The third-order valence-electron chi connectivity index (χ3n) is 9.65. The number of ether oxygens (including phenoxy) is 3. The number of rotatable bonds is 3. The van der Waals surface area contributed by atoms with Gasteiger partial charge in [0.15, 0.2) is 0 Å². The summed E-state index contributed by atoms with van der Waals surface area (Å²) in [5, 5.41) is 0. The van der Waals surface area contributed by atoms with Gasteiger partial charge in [0, 0.05) is 32.1 Å². The molecule has 32 heavy (non-hydrogen) atoms. The molecule has 0 N–H and O–H groups in total. The molecule has 0 bridgehead atoms. The van der Waals surface area contributed by atoms with Gasteiger partial charge < -0.3 is 14.2 Å². The molecule has 3 fully saturated rings. The molecule has 0 aromatic rings. The highest BCUT2D eigenvalue weighted by Gasteiger charge is 2.66. The summed E-state index contributed by atoms with van der Waals surface area (Å²) in [6.45, 7) is 11.3. The molecule has 3 saturated carbocycles. The molecular formula is C26H38O6. The molecule has 178 valence electrons. The van der Waals surface area contributed by atoms with Gasteiger partial charge in [0.1, 0.15) is 18.0 Å². The maximum absolute atomic E-state index is 12.2. The third kappa shape index (κ3) is 3.58.